The van der Waals surface area contributed by atoms with Crippen molar-refractivity contribution in [2.45, 2.75) is 77.5 Å². The van der Waals surface area contributed by atoms with Crippen molar-refractivity contribution in [3.05, 3.63) is 23.8 Å². The molecule has 0 aromatic heterocycles. The molecular weight excluding hydrogens is 347 g/mol. The maximum atomic E-state index is 12.8. The van der Waals surface area contributed by atoms with Gasteiger partial charge in [-0.1, -0.05) is 26.8 Å². The molecule has 0 bridgehead atoms. The molecule has 144 valence electrons. The molecule has 0 unspecified atom stereocenters. The lowest BCUT2D eigenvalue weighted by molar-refractivity contribution is -0.275. The average molecular weight is 378 g/mol. The van der Waals surface area contributed by atoms with Gasteiger partial charge in [0.05, 0.1) is 0 Å². The maximum absolute atomic E-state index is 12.8. The van der Waals surface area contributed by atoms with Crippen LogP contribution < -0.4 is 14.9 Å². The summed E-state index contributed by atoms with van der Waals surface area (Å²) in [7, 11) is -2.29. The zero-order valence-corrected chi connectivity index (χ0v) is 17.2. The summed E-state index contributed by atoms with van der Waals surface area (Å²) in [5, 5.41) is -0.134. The van der Waals surface area contributed by atoms with E-state index in [1.807, 2.05) is 47.7 Å². The number of rotatable bonds is 6. The topological polar surface area (TPSA) is 44.5 Å². The molecule has 1 rings (SSSR count). The second-order valence-electron chi connectivity index (χ2n) is 8.68. The molecule has 0 heterocycles. The van der Waals surface area contributed by atoms with Gasteiger partial charge in [-0.2, -0.15) is 0 Å². The number of alkyl halides is 3. The van der Waals surface area contributed by atoms with Crippen molar-refractivity contribution in [1.82, 2.24) is 0 Å². The van der Waals surface area contributed by atoms with Crippen molar-refractivity contribution in [1.29, 1.82) is 0 Å². The number of benzene rings is 1. The Kier molecular flexibility index (Phi) is 6.28. The van der Waals surface area contributed by atoms with Crippen molar-refractivity contribution in [2.75, 3.05) is 0 Å². The highest BCUT2D eigenvalue weighted by atomic mass is 28.4. The quantitative estimate of drug-likeness (QED) is 0.653. The molecule has 2 N–H and O–H groups in total. The monoisotopic (exact) mass is 377 g/mol. The maximum Gasteiger partial charge on any atom is 0.573 e. The second-order valence-corrected chi connectivity index (χ2v) is 13.4. The van der Waals surface area contributed by atoms with Crippen LogP contribution in [0.1, 0.15) is 46.6 Å². The fraction of sp³-hybridized carbons (Fsp3) is 0.667. The van der Waals surface area contributed by atoms with Gasteiger partial charge >= 0.3 is 6.36 Å². The third kappa shape index (κ3) is 7.28. The Morgan fingerprint density at radius 1 is 1.00 bits per heavy atom. The van der Waals surface area contributed by atoms with Crippen LogP contribution in [-0.2, 0) is 6.42 Å². The van der Waals surface area contributed by atoms with Crippen LogP contribution in [0.25, 0.3) is 0 Å². The van der Waals surface area contributed by atoms with Gasteiger partial charge in [-0.3, -0.25) is 0 Å². The summed E-state index contributed by atoms with van der Waals surface area (Å²) >= 11 is 0. The first-order chi connectivity index (χ1) is 11.0. The molecule has 0 atom stereocenters. The Morgan fingerprint density at radius 2 is 1.56 bits per heavy atom. The number of hydrogen-bond acceptors (Lipinski definition) is 3. The van der Waals surface area contributed by atoms with Crippen molar-refractivity contribution < 1.29 is 22.3 Å². The predicted octanol–water partition coefficient (Wildman–Crippen LogP) is 5.64. The third-order valence-corrected chi connectivity index (χ3v) is 8.81. The molecule has 25 heavy (non-hydrogen) atoms. The van der Waals surface area contributed by atoms with Crippen molar-refractivity contribution >= 4 is 8.32 Å². The van der Waals surface area contributed by atoms with Crippen LogP contribution in [-0.4, -0.2) is 20.2 Å². The fourth-order valence-electron chi connectivity index (χ4n) is 1.89. The van der Waals surface area contributed by atoms with Crippen LogP contribution in [0, 0.1) is 0 Å². The predicted molar refractivity (Wildman–Crippen MR) is 97.5 cm³/mol. The van der Waals surface area contributed by atoms with E-state index in [2.05, 4.69) is 4.74 Å². The molecule has 0 amide bonds. The molecule has 7 heteroatoms. The summed E-state index contributed by atoms with van der Waals surface area (Å²) in [6.45, 7) is 13.8. The number of nitrogens with two attached hydrogens (primary N) is 1. The van der Waals surface area contributed by atoms with Crippen LogP contribution in [0.3, 0.4) is 0 Å². The molecule has 1 aromatic rings. The molecule has 0 aliphatic rings. The fourth-order valence-corrected chi connectivity index (χ4v) is 2.92. The normalized spacial score (nSPS) is 13.7. The van der Waals surface area contributed by atoms with Crippen LogP contribution >= 0.6 is 0 Å². The van der Waals surface area contributed by atoms with Crippen LogP contribution in [0.2, 0.25) is 18.1 Å². The molecule has 0 saturated heterocycles. The number of hydrogen-bond donors (Lipinski definition) is 1. The summed E-state index contributed by atoms with van der Waals surface area (Å²) in [6, 6.07) is 4.75. The van der Waals surface area contributed by atoms with E-state index in [0.717, 1.165) is 5.56 Å². The van der Waals surface area contributed by atoms with Gasteiger partial charge < -0.3 is 14.9 Å². The Labute approximate surface area is 149 Å². The van der Waals surface area contributed by atoms with Gasteiger partial charge in [0.15, 0.2) is 5.75 Å². The molecule has 0 fully saturated rings. The van der Waals surface area contributed by atoms with E-state index in [-0.39, 0.29) is 22.1 Å². The Morgan fingerprint density at radius 3 is 2.00 bits per heavy atom. The molecule has 0 spiro atoms. The molecular formula is C18H30F3NO2Si. The largest absolute Gasteiger partial charge is 0.573 e. The first-order valence-corrected chi connectivity index (χ1v) is 11.3. The Bertz CT molecular complexity index is 587. The van der Waals surface area contributed by atoms with Gasteiger partial charge in [-0.05, 0) is 62.5 Å². The highest BCUT2D eigenvalue weighted by molar-refractivity contribution is 6.74. The third-order valence-electron chi connectivity index (χ3n) is 4.46. The van der Waals surface area contributed by atoms with E-state index in [4.69, 9.17) is 10.2 Å². The molecule has 0 radical (unpaired) electrons. The first-order valence-electron chi connectivity index (χ1n) is 8.37. The number of aryl methyl sites for hydroxylation is 1. The van der Waals surface area contributed by atoms with Crippen molar-refractivity contribution in [2.24, 2.45) is 5.73 Å². The van der Waals surface area contributed by atoms with Crippen LogP contribution in [0.5, 0.6) is 11.5 Å². The Balaban J connectivity index is 3.15. The van der Waals surface area contributed by atoms with E-state index < -0.39 is 14.7 Å². The summed E-state index contributed by atoms with van der Waals surface area (Å²) in [4.78, 5) is 0. The van der Waals surface area contributed by atoms with Gasteiger partial charge in [0.25, 0.3) is 8.32 Å². The van der Waals surface area contributed by atoms with E-state index in [0.29, 0.717) is 12.8 Å². The van der Waals surface area contributed by atoms with E-state index in [1.54, 1.807) is 12.1 Å². The molecule has 3 nitrogen and oxygen atoms in total. The SMILES string of the molecule is CC(C)(N)CCc1ccc(O[Si](C)(C)C(C)(C)C)c(OC(F)(F)F)c1. The molecule has 0 aliphatic heterocycles. The molecule has 0 aliphatic carbocycles. The zero-order valence-electron chi connectivity index (χ0n) is 16.2. The Hall–Kier alpha value is -1.21. The van der Waals surface area contributed by atoms with Crippen molar-refractivity contribution in [3.8, 4) is 11.5 Å². The van der Waals surface area contributed by atoms with Gasteiger partial charge in [0.2, 0.25) is 0 Å². The summed E-state index contributed by atoms with van der Waals surface area (Å²) < 4.78 is 48.7. The summed E-state index contributed by atoms with van der Waals surface area (Å²) in [5.74, 6) is -0.149. The lowest BCUT2D eigenvalue weighted by Gasteiger charge is -2.37. The summed E-state index contributed by atoms with van der Waals surface area (Å²) in [6.07, 6.45) is -3.55. The second kappa shape index (κ2) is 7.19. The number of halogens is 3. The molecule has 1 aromatic carbocycles. The summed E-state index contributed by atoms with van der Waals surface area (Å²) in [5.41, 5.74) is 6.30. The first kappa shape index (κ1) is 21.8. The van der Waals surface area contributed by atoms with Crippen LogP contribution in [0.4, 0.5) is 13.2 Å². The van der Waals surface area contributed by atoms with Gasteiger partial charge in [0, 0.05) is 5.54 Å². The van der Waals surface area contributed by atoms with E-state index in [1.165, 1.54) is 6.07 Å². The smallest absolute Gasteiger partial charge is 0.541 e. The zero-order chi connectivity index (χ0) is 19.7. The van der Waals surface area contributed by atoms with Gasteiger partial charge in [0.1, 0.15) is 5.75 Å². The van der Waals surface area contributed by atoms with Crippen molar-refractivity contribution in [3.63, 3.8) is 0 Å². The van der Waals surface area contributed by atoms with Crippen LogP contribution in [0.15, 0.2) is 18.2 Å². The van der Waals surface area contributed by atoms with Gasteiger partial charge in [-0.15, -0.1) is 13.2 Å². The minimum absolute atomic E-state index is 0.134. The van der Waals surface area contributed by atoms with E-state index >= 15 is 0 Å². The standard InChI is InChI=1S/C18H30F3NO2Si/c1-16(2,3)25(6,7)24-14-9-8-13(10-11-17(4,5)22)12-15(14)23-18(19,20)21/h8-9,12H,10-11,22H2,1-7H3. The molecule has 0 saturated carbocycles. The highest BCUT2D eigenvalue weighted by Crippen LogP contribution is 2.41. The highest BCUT2D eigenvalue weighted by Gasteiger charge is 2.40. The minimum atomic E-state index is -4.77. The minimum Gasteiger partial charge on any atom is -0.541 e. The van der Waals surface area contributed by atoms with Gasteiger partial charge in [-0.25, -0.2) is 0 Å². The number of ether oxygens (including phenoxy) is 1. The lowest BCUT2D eigenvalue weighted by atomic mass is 9.96. The lowest BCUT2D eigenvalue weighted by Crippen LogP contribution is -2.44. The average Bonchev–Trinajstić information content (AvgIpc) is 2.34. The van der Waals surface area contributed by atoms with E-state index in [9.17, 15) is 13.2 Å².